The van der Waals surface area contributed by atoms with Crippen LogP contribution in [0.4, 0.5) is 5.82 Å². The summed E-state index contributed by atoms with van der Waals surface area (Å²) in [7, 11) is 0. The third-order valence-electron chi connectivity index (χ3n) is 3.00. The Morgan fingerprint density at radius 1 is 1.29 bits per heavy atom. The molecule has 0 radical (unpaired) electrons. The molecule has 0 saturated heterocycles. The zero-order chi connectivity index (χ0) is 12.7. The highest BCUT2D eigenvalue weighted by atomic mass is 35.5. The molecule has 4 heteroatoms. The number of anilines is 1. The summed E-state index contributed by atoms with van der Waals surface area (Å²) in [5.74, 6) is 1.38. The zero-order valence-corrected chi connectivity index (χ0v) is 11.7. The number of nitrogens with zero attached hydrogens (tertiary/aromatic N) is 3. The van der Waals surface area contributed by atoms with Crippen molar-refractivity contribution >= 4 is 17.4 Å². The van der Waals surface area contributed by atoms with E-state index >= 15 is 0 Å². The number of hydrogen-bond acceptors (Lipinski definition) is 3. The van der Waals surface area contributed by atoms with E-state index in [9.17, 15) is 0 Å². The number of alkyl halides is 1. The molecular formula is C13H22ClN3. The summed E-state index contributed by atoms with van der Waals surface area (Å²) in [6, 6.07) is 0.498. The second kappa shape index (κ2) is 7.49. The number of rotatable bonds is 7. The van der Waals surface area contributed by atoms with Crippen molar-refractivity contribution in [2.45, 2.75) is 52.0 Å². The van der Waals surface area contributed by atoms with Crippen molar-refractivity contribution in [1.82, 2.24) is 9.97 Å². The van der Waals surface area contributed by atoms with Gasteiger partial charge < -0.3 is 4.90 Å². The highest BCUT2D eigenvalue weighted by Crippen LogP contribution is 2.16. The number of hydrogen-bond donors (Lipinski definition) is 0. The first-order valence-electron chi connectivity index (χ1n) is 6.36. The van der Waals surface area contributed by atoms with Gasteiger partial charge in [0.25, 0.3) is 0 Å². The quantitative estimate of drug-likeness (QED) is 0.697. The molecule has 0 amide bonds. The standard InChI is InChI=1S/C13H22ClN3/c1-4-6-7-17(11(3)5-2)13-10-15-12(8-14)9-16-13/h9-11H,4-8H2,1-3H3. The van der Waals surface area contributed by atoms with Crippen LogP contribution < -0.4 is 4.90 Å². The minimum absolute atomic E-state index is 0.422. The minimum atomic E-state index is 0.422. The number of halogens is 1. The van der Waals surface area contributed by atoms with Gasteiger partial charge in [-0.05, 0) is 19.8 Å². The van der Waals surface area contributed by atoms with Crippen LogP contribution in [0.15, 0.2) is 12.4 Å². The van der Waals surface area contributed by atoms with Gasteiger partial charge in [-0.25, -0.2) is 4.98 Å². The molecule has 0 aliphatic rings. The Morgan fingerprint density at radius 2 is 2.06 bits per heavy atom. The first-order valence-corrected chi connectivity index (χ1v) is 6.89. The third kappa shape index (κ3) is 4.15. The molecule has 1 aromatic heterocycles. The van der Waals surface area contributed by atoms with E-state index in [0.29, 0.717) is 11.9 Å². The molecule has 0 N–H and O–H groups in total. The van der Waals surface area contributed by atoms with Crippen molar-refractivity contribution in [2.75, 3.05) is 11.4 Å². The van der Waals surface area contributed by atoms with E-state index < -0.39 is 0 Å². The summed E-state index contributed by atoms with van der Waals surface area (Å²) in [4.78, 5) is 11.1. The Labute approximate surface area is 109 Å². The summed E-state index contributed by atoms with van der Waals surface area (Å²) in [6.45, 7) is 7.68. The van der Waals surface area contributed by atoms with Crippen LogP contribution in [-0.2, 0) is 5.88 Å². The molecular weight excluding hydrogens is 234 g/mol. The lowest BCUT2D eigenvalue weighted by atomic mass is 10.2. The summed E-state index contributed by atoms with van der Waals surface area (Å²) >= 11 is 5.72. The Bertz CT molecular complexity index is 313. The average molecular weight is 256 g/mol. The predicted octanol–water partition coefficient (Wildman–Crippen LogP) is 3.62. The maximum atomic E-state index is 5.72. The molecule has 0 aliphatic heterocycles. The lowest BCUT2D eigenvalue weighted by molar-refractivity contribution is 0.588. The van der Waals surface area contributed by atoms with Crippen molar-refractivity contribution in [2.24, 2.45) is 0 Å². The van der Waals surface area contributed by atoms with Crippen LogP contribution >= 0.6 is 11.6 Å². The van der Waals surface area contributed by atoms with E-state index in [1.807, 2.05) is 6.20 Å². The highest BCUT2D eigenvalue weighted by Gasteiger charge is 2.13. The van der Waals surface area contributed by atoms with Crippen molar-refractivity contribution in [3.05, 3.63) is 18.1 Å². The molecule has 1 heterocycles. The van der Waals surface area contributed by atoms with E-state index in [1.54, 1.807) is 6.20 Å². The van der Waals surface area contributed by atoms with Crippen LogP contribution in [0.2, 0.25) is 0 Å². The van der Waals surface area contributed by atoms with E-state index in [4.69, 9.17) is 11.6 Å². The topological polar surface area (TPSA) is 29.0 Å². The first kappa shape index (κ1) is 14.2. The molecule has 0 spiro atoms. The van der Waals surface area contributed by atoms with Crippen LogP contribution in [0.25, 0.3) is 0 Å². The van der Waals surface area contributed by atoms with E-state index in [0.717, 1.165) is 24.5 Å². The summed E-state index contributed by atoms with van der Waals surface area (Å²) in [5.41, 5.74) is 0.829. The Hall–Kier alpha value is -0.830. The van der Waals surface area contributed by atoms with Crippen molar-refractivity contribution in [3.63, 3.8) is 0 Å². The molecule has 96 valence electrons. The normalized spacial score (nSPS) is 12.5. The lowest BCUT2D eigenvalue weighted by Gasteiger charge is -2.29. The second-order valence-corrected chi connectivity index (χ2v) is 4.57. The van der Waals surface area contributed by atoms with E-state index in [-0.39, 0.29) is 0 Å². The number of unbranched alkanes of at least 4 members (excludes halogenated alkanes) is 1. The van der Waals surface area contributed by atoms with Gasteiger partial charge in [0.1, 0.15) is 5.82 Å². The van der Waals surface area contributed by atoms with Gasteiger partial charge in [0, 0.05) is 12.6 Å². The smallest absolute Gasteiger partial charge is 0.147 e. The lowest BCUT2D eigenvalue weighted by Crippen LogP contribution is -2.34. The Kier molecular flexibility index (Phi) is 6.27. The van der Waals surface area contributed by atoms with Gasteiger partial charge >= 0.3 is 0 Å². The SMILES string of the molecule is CCCCN(c1cnc(CCl)cn1)C(C)CC. The van der Waals surface area contributed by atoms with Gasteiger partial charge in [-0.3, -0.25) is 4.98 Å². The molecule has 17 heavy (non-hydrogen) atoms. The van der Waals surface area contributed by atoms with E-state index in [1.165, 1.54) is 12.8 Å². The molecule has 0 fully saturated rings. The first-order chi connectivity index (χ1) is 8.22. The molecule has 1 aromatic rings. The molecule has 0 aromatic carbocycles. The maximum absolute atomic E-state index is 5.72. The fourth-order valence-corrected chi connectivity index (χ4v) is 1.81. The molecule has 1 atom stereocenters. The molecule has 0 aliphatic carbocycles. The fourth-order valence-electron chi connectivity index (χ4n) is 1.67. The third-order valence-corrected chi connectivity index (χ3v) is 3.27. The summed E-state index contributed by atoms with van der Waals surface area (Å²) in [6.07, 6.45) is 7.09. The van der Waals surface area contributed by atoms with Gasteiger partial charge in [0.05, 0.1) is 24.0 Å². The average Bonchev–Trinajstić information content (AvgIpc) is 2.39. The van der Waals surface area contributed by atoms with Gasteiger partial charge in [0.2, 0.25) is 0 Å². The maximum Gasteiger partial charge on any atom is 0.147 e. The van der Waals surface area contributed by atoms with Crippen molar-refractivity contribution in [3.8, 4) is 0 Å². The molecule has 0 saturated carbocycles. The second-order valence-electron chi connectivity index (χ2n) is 4.30. The fraction of sp³-hybridized carbons (Fsp3) is 0.692. The predicted molar refractivity (Wildman–Crippen MR) is 73.6 cm³/mol. The van der Waals surface area contributed by atoms with Crippen LogP contribution in [0, 0.1) is 0 Å². The molecule has 1 unspecified atom stereocenters. The van der Waals surface area contributed by atoms with Crippen LogP contribution in [0.3, 0.4) is 0 Å². The van der Waals surface area contributed by atoms with Crippen LogP contribution in [0.5, 0.6) is 0 Å². The van der Waals surface area contributed by atoms with Crippen LogP contribution in [0.1, 0.15) is 45.7 Å². The molecule has 1 rings (SSSR count). The number of aromatic nitrogens is 2. The minimum Gasteiger partial charge on any atom is -0.353 e. The highest BCUT2D eigenvalue weighted by molar-refractivity contribution is 6.16. The Balaban J connectivity index is 2.79. The largest absolute Gasteiger partial charge is 0.353 e. The van der Waals surface area contributed by atoms with Gasteiger partial charge in [0.15, 0.2) is 0 Å². The van der Waals surface area contributed by atoms with Crippen LogP contribution in [-0.4, -0.2) is 22.6 Å². The monoisotopic (exact) mass is 255 g/mol. The molecule has 0 bridgehead atoms. The Morgan fingerprint density at radius 3 is 2.53 bits per heavy atom. The molecule has 3 nitrogen and oxygen atoms in total. The van der Waals surface area contributed by atoms with Crippen molar-refractivity contribution in [1.29, 1.82) is 0 Å². The summed E-state index contributed by atoms with van der Waals surface area (Å²) < 4.78 is 0. The summed E-state index contributed by atoms with van der Waals surface area (Å²) in [5, 5.41) is 0. The van der Waals surface area contributed by atoms with E-state index in [2.05, 4.69) is 35.6 Å². The van der Waals surface area contributed by atoms with Gasteiger partial charge in [-0.1, -0.05) is 20.3 Å². The van der Waals surface area contributed by atoms with Gasteiger partial charge in [-0.15, -0.1) is 11.6 Å². The zero-order valence-electron chi connectivity index (χ0n) is 11.0. The van der Waals surface area contributed by atoms with Crippen molar-refractivity contribution < 1.29 is 0 Å². The van der Waals surface area contributed by atoms with Gasteiger partial charge in [-0.2, -0.15) is 0 Å².